The topological polar surface area (TPSA) is 71.4 Å². The molecule has 98 valence electrons. The molecule has 0 aliphatic heterocycles. The SMILES string of the molecule is CS(=O)(=O)c1cccc(-c2cccc(C(=O)O)c2)c1. The second kappa shape index (κ2) is 4.85. The number of benzene rings is 2. The van der Waals surface area contributed by atoms with Crippen molar-refractivity contribution >= 4 is 15.8 Å². The van der Waals surface area contributed by atoms with Crippen LogP contribution in [0.25, 0.3) is 11.1 Å². The zero-order chi connectivity index (χ0) is 14.0. The third-order valence-corrected chi connectivity index (χ3v) is 3.82. The van der Waals surface area contributed by atoms with E-state index in [0.29, 0.717) is 11.1 Å². The number of carboxylic acid groups (broad SMARTS) is 1. The van der Waals surface area contributed by atoms with E-state index < -0.39 is 15.8 Å². The molecular weight excluding hydrogens is 264 g/mol. The average molecular weight is 276 g/mol. The van der Waals surface area contributed by atoms with E-state index in [4.69, 9.17) is 5.11 Å². The number of carbonyl (C=O) groups is 1. The maximum absolute atomic E-state index is 11.5. The minimum Gasteiger partial charge on any atom is -0.478 e. The smallest absolute Gasteiger partial charge is 0.335 e. The van der Waals surface area contributed by atoms with Gasteiger partial charge in [-0.2, -0.15) is 0 Å². The maximum atomic E-state index is 11.5. The lowest BCUT2D eigenvalue weighted by molar-refractivity contribution is 0.0697. The van der Waals surface area contributed by atoms with Crippen molar-refractivity contribution in [1.82, 2.24) is 0 Å². The highest BCUT2D eigenvalue weighted by Crippen LogP contribution is 2.23. The lowest BCUT2D eigenvalue weighted by Crippen LogP contribution is -1.98. The van der Waals surface area contributed by atoms with Crippen LogP contribution in [0.1, 0.15) is 10.4 Å². The lowest BCUT2D eigenvalue weighted by atomic mass is 10.0. The minimum absolute atomic E-state index is 0.169. The van der Waals surface area contributed by atoms with Crippen LogP contribution in [-0.2, 0) is 9.84 Å². The standard InChI is InChI=1S/C14H12O4S/c1-19(17,18)13-7-3-5-11(9-13)10-4-2-6-12(8-10)14(15)16/h2-9H,1H3,(H,15,16). The Morgan fingerprint density at radius 3 is 2.16 bits per heavy atom. The van der Waals surface area contributed by atoms with E-state index in [9.17, 15) is 13.2 Å². The number of hydrogen-bond donors (Lipinski definition) is 1. The molecule has 19 heavy (non-hydrogen) atoms. The second-order valence-corrected chi connectivity index (χ2v) is 6.20. The summed E-state index contributed by atoms with van der Waals surface area (Å²) < 4.78 is 23.0. The van der Waals surface area contributed by atoms with E-state index in [1.54, 1.807) is 24.3 Å². The highest BCUT2D eigenvalue weighted by molar-refractivity contribution is 7.90. The average Bonchev–Trinajstić information content (AvgIpc) is 2.38. The predicted octanol–water partition coefficient (Wildman–Crippen LogP) is 2.46. The van der Waals surface area contributed by atoms with Crippen LogP contribution in [0, 0.1) is 0 Å². The van der Waals surface area contributed by atoms with E-state index >= 15 is 0 Å². The Morgan fingerprint density at radius 2 is 1.58 bits per heavy atom. The van der Waals surface area contributed by atoms with Gasteiger partial charge in [-0.05, 0) is 35.4 Å². The fourth-order valence-electron chi connectivity index (χ4n) is 1.74. The molecule has 0 unspecified atom stereocenters. The first-order valence-corrected chi connectivity index (χ1v) is 7.41. The van der Waals surface area contributed by atoms with Crippen molar-refractivity contribution < 1.29 is 18.3 Å². The van der Waals surface area contributed by atoms with Gasteiger partial charge in [0.1, 0.15) is 0 Å². The molecule has 5 heteroatoms. The molecule has 0 bridgehead atoms. The molecule has 0 radical (unpaired) electrons. The van der Waals surface area contributed by atoms with E-state index in [2.05, 4.69) is 0 Å². The molecular formula is C14H12O4S. The van der Waals surface area contributed by atoms with Crippen LogP contribution >= 0.6 is 0 Å². The van der Waals surface area contributed by atoms with Crippen molar-refractivity contribution in [3.63, 3.8) is 0 Å². The van der Waals surface area contributed by atoms with Crippen LogP contribution in [0.5, 0.6) is 0 Å². The maximum Gasteiger partial charge on any atom is 0.335 e. The van der Waals surface area contributed by atoms with Crippen molar-refractivity contribution in [2.75, 3.05) is 6.26 Å². The molecule has 2 aromatic carbocycles. The van der Waals surface area contributed by atoms with E-state index in [-0.39, 0.29) is 10.5 Å². The molecule has 2 aromatic rings. The predicted molar refractivity (Wildman–Crippen MR) is 71.9 cm³/mol. The Bertz CT molecular complexity index is 733. The zero-order valence-corrected chi connectivity index (χ0v) is 11.0. The van der Waals surface area contributed by atoms with Crippen molar-refractivity contribution in [2.45, 2.75) is 4.90 Å². The summed E-state index contributed by atoms with van der Waals surface area (Å²) in [5.41, 5.74) is 1.51. The van der Waals surface area contributed by atoms with E-state index in [0.717, 1.165) is 6.26 Å². The van der Waals surface area contributed by atoms with Gasteiger partial charge < -0.3 is 5.11 Å². The van der Waals surface area contributed by atoms with Crippen LogP contribution in [0.4, 0.5) is 0 Å². The van der Waals surface area contributed by atoms with Crippen LogP contribution in [0.3, 0.4) is 0 Å². The Labute approximate surface area is 111 Å². The van der Waals surface area contributed by atoms with Gasteiger partial charge in [0.15, 0.2) is 9.84 Å². The first-order valence-electron chi connectivity index (χ1n) is 5.52. The third kappa shape index (κ3) is 3.00. The highest BCUT2D eigenvalue weighted by Gasteiger charge is 2.09. The van der Waals surface area contributed by atoms with Gasteiger partial charge in [0.2, 0.25) is 0 Å². The molecule has 1 N–H and O–H groups in total. The van der Waals surface area contributed by atoms with Crippen molar-refractivity contribution in [2.24, 2.45) is 0 Å². The summed E-state index contributed by atoms with van der Waals surface area (Å²) in [4.78, 5) is 11.1. The van der Waals surface area contributed by atoms with Crippen LogP contribution in [0.2, 0.25) is 0 Å². The molecule has 0 fully saturated rings. The van der Waals surface area contributed by atoms with Gasteiger partial charge in [0.05, 0.1) is 10.5 Å². The Morgan fingerprint density at radius 1 is 1.00 bits per heavy atom. The summed E-state index contributed by atoms with van der Waals surface area (Å²) in [5.74, 6) is -1.01. The van der Waals surface area contributed by atoms with Crippen molar-refractivity contribution in [3.05, 3.63) is 54.1 Å². The Kier molecular flexibility index (Phi) is 3.40. The van der Waals surface area contributed by atoms with Gasteiger partial charge in [-0.1, -0.05) is 24.3 Å². The fraction of sp³-hybridized carbons (Fsp3) is 0.0714. The summed E-state index contributed by atoms with van der Waals surface area (Å²) in [6, 6.07) is 12.8. The molecule has 0 atom stereocenters. The van der Waals surface area contributed by atoms with Crippen molar-refractivity contribution in [1.29, 1.82) is 0 Å². The van der Waals surface area contributed by atoms with Gasteiger partial charge in [-0.25, -0.2) is 13.2 Å². The van der Waals surface area contributed by atoms with Gasteiger partial charge in [-0.3, -0.25) is 0 Å². The molecule has 0 spiro atoms. The molecule has 4 nitrogen and oxygen atoms in total. The fourth-order valence-corrected chi connectivity index (χ4v) is 2.40. The van der Waals surface area contributed by atoms with Gasteiger partial charge in [0.25, 0.3) is 0 Å². The normalized spacial score (nSPS) is 11.2. The summed E-state index contributed by atoms with van der Waals surface area (Å²) in [6.45, 7) is 0. The highest BCUT2D eigenvalue weighted by atomic mass is 32.2. The number of carboxylic acids is 1. The molecule has 0 saturated heterocycles. The monoisotopic (exact) mass is 276 g/mol. The Hall–Kier alpha value is -2.14. The van der Waals surface area contributed by atoms with Gasteiger partial charge in [0, 0.05) is 6.26 Å². The molecule has 0 amide bonds. The van der Waals surface area contributed by atoms with E-state index in [1.807, 2.05) is 0 Å². The Balaban J connectivity index is 2.54. The summed E-state index contributed by atoms with van der Waals surface area (Å²) >= 11 is 0. The third-order valence-electron chi connectivity index (χ3n) is 2.71. The summed E-state index contributed by atoms with van der Waals surface area (Å²) in [7, 11) is -3.28. The molecule has 0 aliphatic rings. The summed E-state index contributed by atoms with van der Waals surface area (Å²) in [6.07, 6.45) is 1.14. The first kappa shape index (κ1) is 13.3. The van der Waals surface area contributed by atoms with E-state index in [1.165, 1.54) is 24.3 Å². The lowest BCUT2D eigenvalue weighted by Gasteiger charge is -2.05. The quantitative estimate of drug-likeness (QED) is 0.934. The molecule has 0 aliphatic carbocycles. The molecule has 2 rings (SSSR count). The number of hydrogen-bond acceptors (Lipinski definition) is 3. The van der Waals surface area contributed by atoms with Crippen LogP contribution in [-0.4, -0.2) is 25.7 Å². The number of sulfone groups is 1. The number of aromatic carboxylic acids is 1. The van der Waals surface area contributed by atoms with Crippen LogP contribution < -0.4 is 0 Å². The number of rotatable bonds is 3. The molecule has 0 aromatic heterocycles. The molecule has 0 heterocycles. The second-order valence-electron chi connectivity index (χ2n) is 4.19. The summed E-state index contributed by atoms with van der Waals surface area (Å²) in [5, 5.41) is 8.94. The molecule has 0 saturated carbocycles. The first-order chi connectivity index (χ1) is 8.88. The van der Waals surface area contributed by atoms with Gasteiger partial charge in [-0.15, -0.1) is 0 Å². The zero-order valence-electron chi connectivity index (χ0n) is 10.2. The van der Waals surface area contributed by atoms with Gasteiger partial charge >= 0.3 is 5.97 Å². The minimum atomic E-state index is -3.28. The van der Waals surface area contributed by atoms with Crippen LogP contribution in [0.15, 0.2) is 53.4 Å². The largest absolute Gasteiger partial charge is 0.478 e. The van der Waals surface area contributed by atoms with Crippen molar-refractivity contribution in [3.8, 4) is 11.1 Å².